The second-order valence-corrected chi connectivity index (χ2v) is 8.26. The molecule has 6 atom stereocenters. The Hall–Kier alpha value is -1.25. The zero-order valence-electron chi connectivity index (χ0n) is 21.3. The summed E-state index contributed by atoms with van der Waals surface area (Å²) < 4.78 is 32.5. The molecule has 17 nitrogen and oxygen atoms in total. The molecular formula is C21H43N3O14. The Kier molecular flexibility index (Phi) is 24.0. The molecule has 0 amide bonds. The van der Waals surface area contributed by atoms with Gasteiger partial charge in [0.15, 0.2) is 0 Å². The van der Waals surface area contributed by atoms with E-state index in [1.807, 2.05) is 0 Å². The monoisotopic (exact) mass is 561 g/mol. The van der Waals surface area contributed by atoms with E-state index in [0.717, 1.165) is 0 Å². The maximum Gasteiger partial charge on any atom is 0.104 e. The van der Waals surface area contributed by atoms with Crippen LogP contribution in [0.3, 0.4) is 0 Å². The van der Waals surface area contributed by atoms with Crippen LogP contribution in [0.4, 0.5) is 0 Å². The first-order valence-electron chi connectivity index (χ1n) is 12.0. The van der Waals surface area contributed by atoms with Crippen LogP contribution >= 0.6 is 0 Å². The van der Waals surface area contributed by atoms with Crippen molar-refractivity contribution in [3.05, 3.63) is 10.4 Å². The highest BCUT2D eigenvalue weighted by Gasteiger charge is 2.18. The predicted octanol–water partition coefficient (Wildman–Crippen LogP) is -4.09. The summed E-state index contributed by atoms with van der Waals surface area (Å²) in [5, 5.41) is 76.9. The first-order chi connectivity index (χ1) is 18.3. The molecule has 0 aromatic heterocycles. The lowest BCUT2D eigenvalue weighted by Gasteiger charge is -2.22. The molecule has 0 rings (SSSR count). The van der Waals surface area contributed by atoms with Crippen molar-refractivity contribution in [2.24, 2.45) is 5.11 Å². The van der Waals surface area contributed by atoms with Crippen LogP contribution in [0, 0.1) is 0 Å². The Bertz CT molecular complexity index is 549. The summed E-state index contributed by atoms with van der Waals surface area (Å²) in [7, 11) is 0. The molecule has 0 spiro atoms. The quantitative estimate of drug-likeness (QED) is 0.0269. The summed E-state index contributed by atoms with van der Waals surface area (Å²) in [5.41, 5.74) is 8.85. The van der Waals surface area contributed by atoms with Crippen molar-refractivity contribution < 1.29 is 69.3 Å². The van der Waals surface area contributed by atoms with Crippen LogP contribution in [0.2, 0.25) is 0 Å². The summed E-state index contributed by atoms with van der Waals surface area (Å²) in [6, 6.07) is -0.762. The molecule has 226 valence electrons. The smallest absolute Gasteiger partial charge is 0.104 e. The van der Waals surface area contributed by atoms with Crippen LogP contribution in [0.1, 0.15) is 0 Å². The average Bonchev–Trinajstić information content (AvgIpc) is 2.92. The molecule has 0 aromatic rings. The Morgan fingerprint density at radius 1 is 0.500 bits per heavy atom. The second kappa shape index (κ2) is 24.8. The van der Waals surface area contributed by atoms with Crippen molar-refractivity contribution in [1.82, 2.24) is 0 Å². The van der Waals surface area contributed by atoms with Gasteiger partial charge in [0.1, 0.15) is 36.6 Å². The normalized spacial score (nSPS) is 17.3. The molecule has 0 saturated heterocycles. The number of rotatable bonds is 27. The standard InChI is InChI=1S/C21H43N3O14/c22-24-23-15(5-33-11-20(37-9-18(31)3-27)13-35-7-16(29)1-25)6-34-12-21(38-10-19(32)4-28)14-36-8-17(30)2-26/h15-21,25-32H,1-14H2. The van der Waals surface area contributed by atoms with Gasteiger partial charge >= 0.3 is 0 Å². The summed E-state index contributed by atoms with van der Waals surface area (Å²) in [6.45, 7) is -3.10. The van der Waals surface area contributed by atoms with Gasteiger partial charge < -0.3 is 69.3 Å². The van der Waals surface area contributed by atoms with Gasteiger partial charge in [0.25, 0.3) is 0 Å². The molecule has 0 heterocycles. The van der Waals surface area contributed by atoms with Gasteiger partial charge in [-0.2, -0.15) is 0 Å². The third kappa shape index (κ3) is 20.7. The molecule has 38 heavy (non-hydrogen) atoms. The van der Waals surface area contributed by atoms with Gasteiger partial charge in [0.05, 0.1) is 98.5 Å². The van der Waals surface area contributed by atoms with Crippen molar-refractivity contribution >= 4 is 0 Å². The van der Waals surface area contributed by atoms with Crippen LogP contribution in [-0.2, 0) is 28.4 Å². The Morgan fingerprint density at radius 3 is 1.13 bits per heavy atom. The summed E-state index contributed by atoms with van der Waals surface area (Å²) >= 11 is 0. The Balaban J connectivity index is 4.71. The molecule has 8 N–H and O–H groups in total. The fraction of sp³-hybridized carbons (Fsp3) is 1.00. The van der Waals surface area contributed by atoms with E-state index in [2.05, 4.69) is 10.0 Å². The molecule has 0 saturated carbocycles. The van der Waals surface area contributed by atoms with E-state index >= 15 is 0 Å². The molecule has 0 aromatic carbocycles. The average molecular weight is 562 g/mol. The van der Waals surface area contributed by atoms with E-state index in [4.69, 9.17) is 54.4 Å². The number of aliphatic hydroxyl groups excluding tert-OH is 8. The van der Waals surface area contributed by atoms with E-state index in [0.29, 0.717) is 0 Å². The summed E-state index contributed by atoms with van der Waals surface area (Å²) in [5.74, 6) is 0. The molecular weight excluding hydrogens is 518 g/mol. The fourth-order valence-corrected chi connectivity index (χ4v) is 2.52. The van der Waals surface area contributed by atoms with Crippen LogP contribution in [0.5, 0.6) is 0 Å². The largest absolute Gasteiger partial charge is 0.394 e. The number of ether oxygens (including phenoxy) is 6. The minimum absolute atomic E-state index is 0.0540. The molecule has 0 aliphatic rings. The van der Waals surface area contributed by atoms with E-state index in [1.165, 1.54) is 0 Å². The van der Waals surface area contributed by atoms with Crippen LogP contribution in [0.25, 0.3) is 10.4 Å². The lowest BCUT2D eigenvalue weighted by Crippen LogP contribution is -2.34. The van der Waals surface area contributed by atoms with Gasteiger partial charge in [-0.25, -0.2) is 0 Å². The molecule has 0 fully saturated rings. The predicted molar refractivity (Wildman–Crippen MR) is 128 cm³/mol. The molecule has 0 bridgehead atoms. The number of nitrogens with zero attached hydrogens (tertiary/aromatic N) is 3. The van der Waals surface area contributed by atoms with Crippen molar-refractivity contribution in [1.29, 1.82) is 0 Å². The first-order valence-corrected chi connectivity index (χ1v) is 12.0. The number of aliphatic hydroxyl groups is 8. The van der Waals surface area contributed by atoms with Crippen LogP contribution in [-0.4, -0.2) is 176 Å². The number of hydrogen-bond donors (Lipinski definition) is 8. The van der Waals surface area contributed by atoms with Crippen molar-refractivity contribution in [2.75, 3.05) is 92.5 Å². The maximum atomic E-state index is 9.49. The summed E-state index contributed by atoms with van der Waals surface area (Å²) in [6.07, 6.45) is -5.80. The maximum absolute atomic E-state index is 9.49. The zero-order chi connectivity index (χ0) is 28.6. The molecule has 0 aliphatic heterocycles. The van der Waals surface area contributed by atoms with Gasteiger partial charge in [-0.3, -0.25) is 0 Å². The highest BCUT2D eigenvalue weighted by molar-refractivity contribution is 4.69. The Morgan fingerprint density at radius 2 is 0.816 bits per heavy atom. The van der Waals surface area contributed by atoms with Gasteiger partial charge in [0, 0.05) is 4.91 Å². The first kappa shape index (κ1) is 36.8. The van der Waals surface area contributed by atoms with E-state index in [9.17, 15) is 20.4 Å². The molecule has 0 aliphatic carbocycles. The zero-order valence-corrected chi connectivity index (χ0v) is 21.3. The molecule has 6 unspecified atom stereocenters. The fourth-order valence-electron chi connectivity index (χ4n) is 2.52. The lowest BCUT2D eigenvalue weighted by molar-refractivity contribution is -0.105. The summed E-state index contributed by atoms with van der Waals surface area (Å²) in [4.78, 5) is 2.76. The highest BCUT2D eigenvalue weighted by Crippen LogP contribution is 2.04. The SMILES string of the molecule is [N-]=[N+]=NC(COCC(COCC(O)CO)OCC(O)CO)COCC(COCC(O)CO)OCC(O)CO. The van der Waals surface area contributed by atoms with E-state index in [1.54, 1.807) is 0 Å². The highest BCUT2D eigenvalue weighted by atomic mass is 16.6. The topological polar surface area (TPSA) is 266 Å². The number of hydrogen-bond acceptors (Lipinski definition) is 15. The minimum Gasteiger partial charge on any atom is -0.394 e. The van der Waals surface area contributed by atoms with Gasteiger partial charge in [-0.1, -0.05) is 5.11 Å². The minimum atomic E-state index is -1.12. The third-order valence-corrected chi connectivity index (χ3v) is 4.56. The number of azide groups is 1. The van der Waals surface area contributed by atoms with E-state index < -0.39 is 69.1 Å². The third-order valence-electron chi connectivity index (χ3n) is 4.56. The van der Waals surface area contributed by atoms with Crippen molar-refractivity contribution in [3.8, 4) is 0 Å². The Labute approximate surface area is 220 Å². The second-order valence-electron chi connectivity index (χ2n) is 8.26. The van der Waals surface area contributed by atoms with E-state index in [-0.39, 0.29) is 66.1 Å². The van der Waals surface area contributed by atoms with Gasteiger partial charge in [-0.05, 0) is 5.53 Å². The van der Waals surface area contributed by atoms with Crippen molar-refractivity contribution in [3.63, 3.8) is 0 Å². The van der Waals surface area contributed by atoms with Crippen LogP contribution < -0.4 is 0 Å². The van der Waals surface area contributed by atoms with Gasteiger partial charge in [0.2, 0.25) is 0 Å². The van der Waals surface area contributed by atoms with Crippen molar-refractivity contribution in [2.45, 2.75) is 42.7 Å². The molecule has 17 heteroatoms. The van der Waals surface area contributed by atoms with Crippen LogP contribution in [0.15, 0.2) is 5.11 Å². The lowest BCUT2D eigenvalue weighted by atomic mass is 10.3. The van der Waals surface area contributed by atoms with Gasteiger partial charge in [-0.15, -0.1) is 0 Å². The molecule has 0 radical (unpaired) electrons.